The molecule has 2 unspecified atom stereocenters. The number of methoxy groups -OCH3 is 1. The number of allylic oxidation sites excluding steroid dienone is 1. The van der Waals surface area contributed by atoms with Gasteiger partial charge in [0.2, 0.25) is 0 Å². The third-order valence-corrected chi connectivity index (χ3v) is 2.94. The first kappa shape index (κ1) is 14.7. The third-order valence-electron chi connectivity index (χ3n) is 2.94. The van der Waals surface area contributed by atoms with Gasteiger partial charge in [-0.15, -0.1) is 0 Å². The van der Waals surface area contributed by atoms with Gasteiger partial charge in [-0.25, -0.2) is 0 Å². The molecule has 1 N–H and O–H groups in total. The van der Waals surface area contributed by atoms with E-state index in [0.717, 1.165) is 19.4 Å². The number of rotatable bonds is 7. The van der Waals surface area contributed by atoms with E-state index in [4.69, 9.17) is 4.74 Å². The van der Waals surface area contributed by atoms with Crippen molar-refractivity contribution in [3.05, 3.63) is 11.6 Å². The van der Waals surface area contributed by atoms with Crippen molar-refractivity contribution in [3.63, 3.8) is 0 Å². The molecule has 2 atom stereocenters. The molecule has 0 radical (unpaired) electrons. The van der Waals surface area contributed by atoms with Crippen LogP contribution in [0.3, 0.4) is 0 Å². The quantitative estimate of drug-likeness (QED) is 0.656. The lowest BCUT2D eigenvalue weighted by atomic mass is 9.91. The van der Waals surface area contributed by atoms with Crippen LogP contribution in [0.2, 0.25) is 0 Å². The first-order valence-electron chi connectivity index (χ1n) is 5.93. The first-order valence-corrected chi connectivity index (χ1v) is 5.93. The highest BCUT2D eigenvalue weighted by Crippen LogP contribution is 2.21. The molecule has 0 saturated heterocycles. The number of ether oxygens (including phenoxy) is 1. The third kappa shape index (κ3) is 4.80. The van der Waals surface area contributed by atoms with Crippen molar-refractivity contribution in [2.24, 2.45) is 0 Å². The summed E-state index contributed by atoms with van der Waals surface area (Å²) < 4.78 is 5.64. The second-order valence-corrected chi connectivity index (χ2v) is 4.55. The fourth-order valence-corrected chi connectivity index (χ4v) is 1.58. The molecule has 0 aliphatic carbocycles. The Morgan fingerprint density at radius 2 is 2.00 bits per heavy atom. The SMILES string of the molecule is CCCNC(C=C(C)C)C(C)(CC)OC. The van der Waals surface area contributed by atoms with Crippen molar-refractivity contribution in [1.29, 1.82) is 0 Å². The second kappa shape index (κ2) is 7.02. The van der Waals surface area contributed by atoms with Crippen molar-refractivity contribution < 1.29 is 4.74 Å². The zero-order valence-electron chi connectivity index (χ0n) is 11.2. The van der Waals surface area contributed by atoms with Gasteiger partial charge in [0, 0.05) is 7.11 Å². The van der Waals surface area contributed by atoms with Crippen molar-refractivity contribution in [2.75, 3.05) is 13.7 Å². The summed E-state index contributed by atoms with van der Waals surface area (Å²) in [6.45, 7) is 11.8. The lowest BCUT2D eigenvalue weighted by Crippen LogP contribution is -2.49. The standard InChI is InChI=1S/C13H27NO/c1-7-9-14-12(10-11(3)4)13(5,8-2)15-6/h10,12,14H,7-9H2,1-6H3. The van der Waals surface area contributed by atoms with Gasteiger partial charge in [-0.2, -0.15) is 0 Å². The summed E-state index contributed by atoms with van der Waals surface area (Å²) in [6, 6.07) is 0.303. The molecule has 0 bridgehead atoms. The van der Waals surface area contributed by atoms with Gasteiger partial charge >= 0.3 is 0 Å². The molecule has 0 aromatic heterocycles. The van der Waals surface area contributed by atoms with Crippen LogP contribution in [0.25, 0.3) is 0 Å². The van der Waals surface area contributed by atoms with Crippen LogP contribution in [-0.4, -0.2) is 25.3 Å². The van der Waals surface area contributed by atoms with E-state index in [0.29, 0.717) is 6.04 Å². The minimum absolute atomic E-state index is 0.105. The Hall–Kier alpha value is -0.340. The van der Waals surface area contributed by atoms with E-state index in [1.165, 1.54) is 5.57 Å². The van der Waals surface area contributed by atoms with Crippen LogP contribution in [-0.2, 0) is 4.74 Å². The molecule has 15 heavy (non-hydrogen) atoms. The summed E-state index contributed by atoms with van der Waals surface area (Å²) in [6.07, 6.45) is 4.42. The summed E-state index contributed by atoms with van der Waals surface area (Å²) in [7, 11) is 1.79. The Labute approximate surface area is 95.1 Å². The van der Waals surface area contributed by atoms with E-state index >= 15 is 0 Å². The highest BCUT2D eigenvalue weighted by Gasteiger charge is 2.30. The van der Waals surface area contributed by atoms with Crippen LogP contribution < -0.4 is 5.32 Å². The highest BCUT2D eigenvalue weighted by molar-refractivity contribution is 5.08. The van der Waals surface area contributed by atoms with Crippen LogP contribution >= 0.6 is 0 Å². The molecular formula is C13H27NO. The van der Waals surface area contributed by atoms with Crippen LogP contribution in [0.15, 0.2) is 11.6 Å². The molecule has 2 nitrogen and oxygen atoms in total. The molecule has 90 valence electrons. The Balaban J connectivity index is 4.66. The maximum Gasteiger partial charge on any atom is 0.0836 e. The minimum Gasteiger partial charge on any atom is -0.377 e. The lowest BCUT2D eigenvalue weighted by molar-refractivity contribution is -0.0163. The van der Waals surface area contributed by atoms with Gasteiger partial charge < -0.3 is 10.1 Å². The number of nitrogens with one attached hydrogen (secondary N) is 1. The fraction of sp³-hybridized carbons (Fsp3) is 0.846. The van der Waals surface area contributed by atoms with Gasteiger partial charge in [-0.3, -0.25) is 0 Å². The predicted octanol–water partition coefficient (Wildman–Crippen LogP) is 3.14. The van der Waals surface area contributed by atoms with Crippen LogP contribution in [0.5, 0.6) is 0 Å². The van der Waals surface area contributed by atoms with Gasteiger partial charge in [0.15, 0.2) is 0 Å². The molecule has 0 aromatic rings. The van der Waals surface area contributed by atoms with E-state index in [9.17, 15) is 0 Å². The second-order valence-electron chi connectivity index (χ2n) is 4.55. The van der Waals surface area contributed by atoms with Crippen molar-refractivity contribution >= 4 is 0 Å². The van der Waals surface area contributed by atoms with Crippen molar-refractivity contribution in [3.8, 4) is 0 Å². The molecule has 2 heteroatoms. The number of hydrogen-bond donors (Lipinski definition) is 1. The zero-order chi connectivity index (χ0) is 11.9. The fourth-order valence-electron chi connectivity index (χ4n) is 1.58. The minimum atomic E-state index is -0.105. The van der Waals surface area contributed by atoms with Crippen LogP contribution in [0, 0.1) is 0 Å². The average molecular weight is 213 g/mol. The molecule has 0 amide bonds. The molecule has 0 spiro atoms. The largest absolute Gasteiger partial charge is 0.377 e. The maximum atomic E-state index is 5.64. The number of hydrogen-bond acceptors (Lipinski definition) is 2. The van der Waals surface area contributed by atoms with Gasteiger partial charge in [0.05, 0.1) is 11.6 Å². The summed E-state index contributed by atoms with van der Waals surface area (Å²) in [5.74, 6) is 0. The van der Waals surface area contributed by atoms with E-state index in [1.54, 1.807) is 7.11 Å². The first-order chi connectivity index (χ1) is 7.00. The molecule has 0 heterocycles. The van der Waals surface area contributed by atoms with Gasteiger partial charge in [0.1, 0.15) is 0 Å². The monoisotopic (exact) mass is 213 g/mol. The van der Waals surface area contributed by atoms with Crippen LogP contribution in [0.1, 0.15) is 47.5 Å². The maximum absolute atomic E-state index is 5.64. The molecule has 0 rings (SSSR count). The normalized spacial score (nSPS) is 16.9. The average Bonchev–Trinajstić information content (AvgIpc) is 2.22. The highest BCUT2D eigenvalue weighted by atomic mass is 16.5. The summed E-state index contributed by atoms with van der Waals surface area (Å²) in [4.78, 5) is 0. The Bertz CT molecular complexity index is 191. The van der Waals surface area contributed by atoms with E-state index in [1.807, 2.05) is 0 Å². The van der Waals surface area contributed by atoms with Crippen LogP contribution in [0.4, 0.5) is 0 Å². The van der Waals surface area contributed by atoms with Gasteiger partial charge in [0.25, 0.3) is 0 Å². The molecule has 0 aromatic carbocycles. The Morgan fingerprint density at radius 1 is 1.40 bits per heavy atom. The topological polar surface area (TPSA) is 21.3 Å². The lowest BCUT2D eigenvalue weighted by Gasteiger charge is -2.35. The Kier molecular flexibility index (Phi) is 6.86. The van der Waals surface area contributed by atoms with E-state index in [2.05, 4.69) is 46.0 Å². The van der Waals surface area contributed by atoms with E-state index < -0.39 is 0 Å². The predicted molar refractivity (Wildman–Crippen MR) is 67.2 cm³/mol. The Morgan fingerprint density at radius 3 is 2.33 bits per heavy atom. The summed E-state index contributed by atoms with van der Waals surface area (Å²) in [5.41, 5.74) is 1.23. The molecule has 0 aliphatic rings. The van der Waals surface area contributed by atoms with Gasteiger partial charge in [-0.05, 0) is 40.2 Å². The zero-order valence-corrected chi connectivity index (χ0v) is 11.2. The molecular weight excluding hydrogens is 186 g/mol. The summed E-state index contributed by atoms with van der Waals surface area (Å²) >= 11 is 0. The molecule has 0 aliphatic heterocycles. The summed E-state index contributed by atoms with van der Waals surface area (Å²) in [5, 5.41) is 3.54. The van der Waals surface area contributed by atoms with Crippen molar-refractivity contribution in [2.45, 2.75) is 59.1 Å². The van der Waals surface area contributed by atoms with Crippen molar-refractivity contribution in [1.82, 2.24) is 5.32 Å². The van der Waals surface area contributed by atoms with Gasteiger partial charge in [-0.1, -0.05) is 25.5 Å². The molecule has 0 fully saturated rings. The molecule has 0 saturated carbocycles. The van der Waals surface area contributed by atoms with E-state index in [-0.39, 0.29) is 5.60 Å². The smallest absolute Gasteiger partial charge is 0.0836 e.